The molecule has 0 aliphatic carbocycles. The molecule has 0 aromatic rings. The van der Waals surface area contributed by atoms with Crippen LogP contribution in [0, 0.1) is 0 Å². The highest BCUT2D eigenvalue weighted by Crippen LogP contribution is 2.18. The lowest BCUT2D eigenvalue weighted by atomic mass is 10.1. The Hall–Kier alpha value is -0.800. The van der Waals surface area contributed by atoms with E-state index in [0.717, 1.165) is 116 Å². The summed E-state index contributed by atoms with van der Waals surface area (Å²) in [5.74, 6) is 0. The first-order chi connectivity index (χ1) is 34.1. The number of unbranched alkanes of at least 4 members (excludes halogenated alkanes) is 32. The van der Waals surface area contributed by atoms with Crippen LogP contribution in [0.4, 0.5) is 0 Å². The highest BCUT2D eigenvalue weighted by molar-refractivity contribution is 4.90. The van der Waals surface area contributed by atoms with Crippen LogP contribution in [-0.4, -0.2) is 64.8 Å². The zero-order valence-corrected chi connectivity index (χ0v) is 47.4. The van der Waals surface area contributed by atoms with Gasteiger partial charge in [-0.25, -0.2) is 0 Å². The van der Waals surface area contributed by atoms with Crippen LogP contribution in [0.25, 0.3) is 0 Å². The van der Waals surface area contributed by atoms with E-state index in [1.807, 2.05) is 0 Å². The first-order valence-electron chi connectivity index (χ1n) is 30.8. The summed E-state index contributed by atoms with van der Waals surface area (Å²) >= 11 is 0. The van der Waals surface area contributed by atoms with E-state index in [4.69, 9.17) is 33.2 Å². The van der Waals surface area contributed by atoms with Crippen molar-refractivity contribution in [3.05, 3.63) is 24.3 Å². The molecule has 0 bridgehead atoms. The molecule has 0 aromatic carbocycles. The summed E-state index contributed by atoms with van der Waals surface area (Å²) in [6, 6.07) is 0. The third kappa shape index (κ3) is 53.3. The van der Waals surface area contributed by atoms with Gasteiger partial charge in [0.15, 0.2) is 25.2 Å². The highest BCUT2D eigenvalue weighted by Gasteiger charge is 2.14. The molecule has 7 heteroatoms. The largest absolute Gasteiger partial charge is 0.353 e. The van der Waals surface area contributed by atoms with Gasteiger partial charge in [0.2, 0.25) is 0 Å². The molecule has 7 nitrogen and oxygen atoms in total. The maximum absolute atomic E-state index is 6.43. The van der Waals surface area contributed by atoms with E-state index in [9.17, 15) is 0 Å². The van der Waals surface area contributed by atoms with Crippen LogP contribution in [0.15, 0.2) is 24.3 Å². The summed E-state index contributed by atoms with van der Waals surface area (Å²) in [6.45, 7) is 18.0. The molecule has 0 aromatic heterocycles. The Bertz CT molecular complexity index is 870. The second-order valence-corrected chi connectivity index (χ2v) is 20.3. The van der Waals surface area contributed by atoms with E-state index >= 15 is 0 Å². The lowest BCUT2D eigenvalue weighted by molar-refractivity contribution is -0.207. The van der Waals surface area contributed by atoms with Crippen LogP contribution in [-0.2, 0) is 33.2 Å². The summed E-state index contributed by atoms with van der Waals surface area (Å²) in [6.07, 6.45) is 59.7. The highest BCUT2D eigenvalue weighted by atomic mass is 16.8. The van der Waals surface area contributed by atoms with Crippen molar-refractivity contribution < 1.29 is 33.2 Å². The molecule has 69 heavy (non-hydrogen) atoms. The fourth-order valence-electron chi connectivity index (χ4n) is 8.67. The van der Waals surface area contributed by atoms with Crippen molar-refractivity contribution in [2.24, 2.45) is 0 Å². The third-order valence-corrected chi connectivity index (χ3v) is 13.2. The van der Waals surface area contributed by atoms with Gasteiger partial charge in [-0.15, -0.1) is 0 Å². The molecule has 0 spiro atoms. The Morgan fingerprint density at radius 2 is 0.507 bits per heavy atom. The van der Waals surface area contributed by atoms with Gasteiger partial charge in [-0.1, -0.05) is 233 Å². The Morgan fingerprint density at radius 3 is 0.768 bits per heavy atom. The van der Waals surface area contributed by atoms with Gasteiger partial charge >= 0.3 is 0 Å². The van der Waals surface area contributed by atoms with Crippen molar-refractivity contribution in [1.82, 2.24) is 0 Å². The Morgan fingerprint density at radius 1 is 0.246 bits per heavy atom. The van der Waals surface area contributed by atoms with E-state index in [0.29, 0.717) is 13.2 Å². The summed E-state index contributed by atoms with van der Waals surface area (Å²) in [7, 11) is 0. The first-order valence-corrected chi connectivity index (χ1v) is 30.8. The predicted octanol–water partition coefficient (Wildman–Crippen LogP) is 20.0. The van der Waals surface area contributed by atoms with Crippen LogP contribution in [0.5, 0.6) is 0 Å². The van der Waals surface area contributed by atoms with Gasteiger partial charge in [0.25, 0.3) is 0 Å². The van der Waals surface area contributed by atoms with Crippen molar-refractivity contribution in [2.45, 2.75) is 336 Å². The zero-order chi connectivity index (χ0) is 50.0. The maximum atomic E-state index is 6.43. The molecular weight excluding hydrogens is 857 g/mol. The Balaban J connectivity index is 4.98. The number of hydrogen-bond donors (Lipinski definition) is 0. The van der Waals surface area contributed by atoms with Crippen molar-refractivity contribution in [3.8, 4) is 0 Å². The maximum Gasteiger partial charge on any atom is 0.180 e. The van der Waals surface area contributed by atoms with Gasteiger partial charge in [-0.3, -0.25) is 0 Å². The van der Waals surface area contributed by atoms with Gasteiger partial charge in [0.1, 0.15) is 0 Å². The minimum absolute atomic E-state index is 0.0903. The fourth-order valence-corrected chi connectivity index (χ4v) is 8.67. The molecule has 0 radical (unpaired) electrons. The topological polar surface area (TPSA) is 64.6 Å². The normalized spacial score (nSPS) is 13.1. The molecule has 0 aliphatic rings. The molecule has 0 heterocycles. The van der Waals surface area contributed by atoms with Gasteiger partial charge < -0.3 is 33.2 Å². The van der Waals surface area contributed by atoms with Crippen molar-refractivity contribution >= 4 is 0 Å². The second kappa shape index (κ2) is 59.8. The molecule has 2 unspecified atom stereocenters. The van der Waals surface area contributed by atoms with E-state index in [1.54, 1.807) is 0 Å². The minimum atomic E-state index is -0.439. The molecule has 0 fully saturated rings. The third-order valence-electron chi connectivity index (χ3n) is 13.2. The van der Waals surface area contributed by atoms with E-state index in [1.165, 1.54) is 180 Å². The monoisotopic (exact) mass is 979 g/mol. The number of hydrogen-bond acceptors (Lipinski definition) is 7. The van der Waals surface area contributed by atoms with Gasteiger partial charge in [-0.05, 0) is 102 Å². The number of rotatable bonds is 60. The second-order valence-electron chi connectivity index (χ2n) is 20.3. The quantitative estimate of drug-likeness (QED) is 0.0342. The molecule has 0 rings (SSSR count). The molecule has 2 atom stereocenters. The van der Waals surface area contributed by atoms with E-state index < -0.39 is 12.6 Å². The number of ether oxygens (including phenoxy) is 7. The summed E-state index contributed by atoms with van der Waals surface area (Å²) in [4.78, 5) is 0. The smallest absolute Gasteiger partial charge is 0.180 e. The number of allylic oxidation sites excluding steroid dienone is 2. The summed E-state index contributed by atoms with van der Waals surface area (Å²) in [5.41, 5.74) is 0. The van der Waals surface area contributed by atoms with E-state index in [2.05, 4.69) is 65.8 Å². The molecule has 0 N–H and O–H groups in total. The van der Waals surface area contributed by atoms with Gasteiger partial charge in [-0.2, -0.15) is 0 Å². The van der Waals surface area contributed by atoms with Gasteiger partial charge in [0.05, 0.1) is 0 Å². The fraction of sp³-hybridized carbons (Fsp3) is 0.935. The minimum Gasteiger partial charge on any atom is -0.353 e. The molecule has 0 amide bonds. The molecular formula is C62H122O7. The van der Waals surface area contributed by atoms with Crippen LogP contribution in [0.2, 0.25) is 0 Å². The van der Waals surface area contributed by atoms with Crippen molar-refractivity contribution in [3.63, 3.8) is 0 Å². The summed E-state index contributed by atoms with van der Waals surface area (Å²) < 4.78 is 44.2. The zero-order valence-electron chi connectivity index (χ0n) is 47.4. The summed E-state index contributed by atoms with van der Waals surface area (Å²) in [5, 5.41) is 0. The average Bonchev–Trinajstić information content (AvgIpc) is 3.36. The molecule has 0 saturated carbocycles. The van der Waals surface area contributed by atoms with Crippen LogP contribution >= 0.6 is 0 Å². The molecule has 0 aliphatic heterocycles. The lowest BCUT2D eigenvalue weighted by Crippen LogP contribution is -2.25. The van der Waals surface area contributed by atoms with Crippen LogP contribution < -0.4 is 0 Å². The van der Waals surface area contributed by atoms with Crippen molar-refractivity contribution in [2.75, 3.05) is 39.6 Å². The van der Waals surface area contributed by atoms with E-state index in [-0.39, 0.29) is 12.6 Å². The molecule has 412 valence electrons. The first kappa shape index (κ1) is 68.2. The predicted molar refractivity (Wildman–Crippen MR) is 298 cm³/mol. The SMILES string of the molecule is CCCCCCCCCCOC(CCCCC=CC(OCCC)OC(C=CCCCCC(OCCCCCCCCCC)OCCCCCCCCCC)OCCC)OCCCCCCCCCC. The lowest BCUT2D eigenvalue weighted by Gasteiger charge is -2.21. The average molecular weight is 980 g/mol. The molecule has 0 saturated heterocycles. The van der Waals surface area contributed by atoms with Crippen LogP contribution in [0.3, 0.4) is 0 Å². The Kier molecular flexibility index (Phi) is 59.1. The Labute approximate surface area is 431 Å². The van der Waals surface area contributed by atoms with Crippen LogP contribution in [0.1, 0.15) is 311 Å². The van der Waals surface area contributed by atoms with Crippen molar-refractivity contribution in [1.29, 1.82) is 0 Å². The van der Waals surface area contributed by atoms with Gasteiger partial charge in [0, 0.05) is 39.6 Å². The standard InChI is InChI=1S/C62H122O7/c1-7-13-17-21-25-29-37-45-55-65-59(66-56-46-38-30-26-22-18-14-8-2)49-41-33-35-43-51-61(63-53-11-5)69-62(64-54-12-6)52-44-36-34-42-50-60(67-57-47-39-31-27-23-19-15-9-3)68-58-48-40-32-28-24-20-16-10-4/h43-44,51-52,59-62H,7-42,45-50,53-58H2,1-6H3.